The first-order chi connectivity index (χ1) is 7.87. The van der Waals surface area contributed by atoms with Crippen LogP contribution in [0.15, 0.2) is 6.07 Å². The van der Waals surface area contributed by atoms with Crippen LogP contribution in [-0.2, 0) is 11.8 Å². The fraction of sp³-hybridized carbons (Fsp3) is 0.400. The van der Waals surface area contributed by atoms with E-state index in [0.29, 0.717) is 16.6 Å². The van der Waals surface area contributed by atoms with E-state index >= 15 is 0 Å². The molecule has 0 aromatic carbocycles. The van der Waals surface area contributed by atoms with E-state index in [1.807, 2.05) is 0 Å². The molecular formula is C10H8BrF3N2O. The van der Waals surface area contributed by atoms with Crippen LogP contribution in [0.5, 0.6) is 5.75 Å². The maximum Gasteiger partial charge on any atom is 0.573 e. The van der Waals surface area contributed by atoms with Crippen LogP contribution < -0.4 is 4.74 Å². The van der Waals surface area contributed by atoms with Gasteiger partial charge in [0.2, 0.25) is 0 Å². The molecule has 17 heavy (non-hydrogen) atoms. The van der Waals surface area contributed by atoms with Crippen LogP contribution in [0.3, 0.4) is 0 Å². The Labute approximate surface area is 104 Å². The molecule has 0 spiro atoms. The Morgan fingerprint density at radius 1 is 1.47 bits per heavy atom. The van der Waals surface area contributed by atoms with Crippen molar-refractivity contribution in [3.8, 4) is 11.8 Å². The van der Waals surface area contributed by atoms with Gasteiger partial charge in [0.1, 0.15) is 0 Å². The third kappa shape index (κ3) is 3.89. The molecule has 1 aromatic heterocycles. The highest BCUT2D eigenvalue weighted by Gasteiger charge is 2.32. The summed E-state index contributed by atoms with van der Waals surface area (Å²) in [6, 6.07) is 3.00. The Bertz CT molecular complexity index is 454. The molecule has 0 saturated heterocycles. The van der Waals surface area contributed by atoms with Crippen LogP contribution in [0, 0.1) is 18.3 Å². The van der Waals surface area contributed by atoms with Gasteiger partial charge in [-0.2, -0.15) is 5.26 Å². The minimum atomic E-state index is -4.78. The summed E-state index contributed by atoms with van der Waals surface area (Å²) in [6.07, 6.45) is -5.01. The number of ether oxygens (including phenoxy) is 1. The summed E-state index contributed by atoms with van der Waals surface area (Å²) in [6.45, 7) is 1.63. The van der Waals surface area contributed by atoms with Gasteiger partial charge in [-0.25, -0.2) is 0 Å². The van der Waals surface area contributed by atoms with E-state index in [1.165, 1.54) is 6.07 Å². The molecule has 1 aromatic rings. The van der Waals surface area contributed by atoms with Crippen molar-refractivity contribution in [2.24, 2.45) is 0 Å². The number of pyridine rings is 1. The first-order valence-electron chi connectivity index (χ1n) is 4.55. The Morgan fingerprint density at radius 3 is 2.59 bits per heavy atom. The van der Waals surface area contributed by atoms with Crippen LogP contribution in [0.2, 0.25) is 0 Å². The van der Waals surface area contributed by atoms with Gasteiger partial charge in [0, 0.05) is 5.33 Å². The lowest BCUT2D eigenvalue weighted by Gasteiger charge is -2.13. The van der Waals surface area contributed by atoms with Crippen molar-refractivity contribution in [1.29, 1.82) is 5.26 Å². The quantitative estimate of drug-likeness (QED) is 0.805. The molecule has 0 aliphatic carbocycles. The van der Waals surface area contributed by atoms with Gasteiger partial charge in [0.25, 0.3) is 0 Å². The van der Waals surface area contributed by atoms with Crippen molar-refractivity contribution >= 4 is 15.9 Å². The second-order valence-corrected chi connectivity index (χ2v) is 3.77. The average Bonchev–Trinajstić information content (AvgIpc) is 2.20. The normalized spacial score (nSPS) is 11.1. The number of nitriles is 1. The minimum Gasteiger partial charge on any atom is -0.404 e. The number of halogens is 4. The van der Waals surface area contributed by atoms with Crippen molar-refractivity contribution in [3.63, 3.8) is 0 Å². The molecule has 0 unspecified atom stereocenters. The Hall–Kier alpha value is -1.29. The number of alkyl halides is 4. The topological polar surface area (TPSA) is 45.9 Å². The maximum atomic E-state index is 12.1. The summed E-state index contributed by atoms with van der Waals surface area (Å²) in [7, 11) is 0. The molecule has 0 fully saturated rings. The zero-order valence-corrected chi connectivity index (χ0v) is 10.4. The van der Waals surface area contributed by atoms with Gasteiger partial charge in [-0.05, 0) is 18.6 Å². The molecule has 0 saturated carbocycles. The second-order valence-electron chi connectivity index (χ2n) is 3.21. The summed E-state index contributed by atoms with van der Waals surface area (Å²) < 4.78 is 40.2. The number of hydrogen-bond donors (Lipinski definition) is 0. The largest absolute Gasteiger partial charge is 0.573 e. The van der Waals surface area contributed by atoms with Crippen molar-refractivity contribution in [2.75, 3.05) is 0 Å². The smallest absolute Gasteiger partial charge is 0.404 e. The molecule has 1 heterocycles. The van der Waals surface area contributed by atoms with Crippen LogP contribution in [0.4, 0.5) is 13.2 Å². The molecule has 1 rings (SSSR count). The summed E-state index contributed by atoms with van der Waals surface area (Å²) in [5.74, 6) is -0.416. The van der Waals surface area contributed by atoms with Gasteiger partial charge in [-0.15, -0.1) is 13.2 Å². The molecule has 0 amide bonds. The average molecular weight is 309 g/mol. The first kappa shape index (κ1) is 13.8. The van der Waals surface area contributed by atoms with E-state index in [0.717, 1.165) is 0 Å². The third-order valence-electron chi connectivity index (χ3n) is 1.96. The molecule has 92 valence electrons. The molecule has 0 radical (unpaired) electrons. The predicted molar refractivity (Wildman–Crippen MR) is 57.6 cm³/mol. The number of aryl methyl sites for hydroxylation is 1. The molecule has 0 aliphatic heterocycles. The van der Waals surface area contributed by atoms with Gasteiger partial charge >= 0.3 is 6.36 Å². The standard InChI is InChI=1S/C10H8BrF3N2O/c1-6-4-9(17-10(12,13)14)7(2-3-15)16-8(6)5-11/h4H,2,5H2,1H3. The summed E-state index contributed by atoms with van der Waals surface area (Å²) in [5, 5.41) is 8.94. The highest BCUT2D eigenvalue weighted by Crippen LogP contribution is 2.28. The summed E-state index contributed by atoms with van der Waals surface area (Å²) in [5.41, 5.74) is 1.15. The van der Waals surface area contributed by atoms with Crippen molar-refractivity contribution in [1.82, 2.24) is 4.98 Å². The van der Waals surface area contributed by atoms with Gasteiger partial charge in [-0.3, -0.25) is 4.98 Å². The lowest BCUT2D eigenvalue weighted by Crippen LogP contribution is -2.19. The number of rotatable bonds is 3. The van der Waals surface area contributed by atoms with E-state index in [9.17, 15) is 13.2 Å². The van der Waals surface area contributed by atoms with Crippen molar-refractivity contribution in [3.05, 3.63) is 23.0 Å². The number of nitrogens with zero attached hydrogens (tertiary/aromatic N) is 2. The highest BCUT2D eigenvalue weighted by molar-refractivity contribution is 9.08. The zero-order chi connectivity index (χ0) is 13.1. The molecule has 0 N–H and O–H groups in total. The molecule has 7 heteroatoms. The summed E-state index contributed by atoms with van der Waals surface area (Å²) >= 11 is 3.17. The van der Waals surface area contributed by atoms with E-state index in [1.54, 1.807) is 13.0 Å². The van der Waals surface area contributed by atoms with Crippen molar-refractivity contribution in [2.45, 2.75) is 25.0 Å². The lowest BCUT2D eigenvalue weighted by atomic mass is 10.1. The van der Waals surface area contributed by atoms with Crippen LogP contribution in [-0.4, -0.2) is 11.3 Å². The maximum absolute atomic E-state index is 12.1. The SMILES string of the molecule is Cc1cc(OC(F)(F)F)c(CC#N)nc1CBr. The Kier molecular flexibility index (Phi) is 4.34. The fourth-order valence-electron chi connectivity index (χ4n) is 1.22. The number of aromatic nitrogens is 1. The van der Waals surface area contributed by atoms with Crippen LogP contribution >= 0.6 is 15.9 Å². The third-order valence-corrected chi connectivity index (χ3v) is 2.49. The minimum absolute atomic E-state index is 0.00937. The molecule has 0 bridgehead atoms. The monoisotopic (exact) mass is 308 g/mol. The number of hydrogen-bond acceptors (Lipinski definition) is 3. The highest BCUT2D eigenvalue weighted by atomic mass is 79.9. The predicted octanol–water partition coefficient (Wildman–Crippen LogP) is 3.25. The Morgan fingerprint density at radius 2 is 2.12 bits per heavy atom. The summed E-state index contributed by atoms with van der Waals surface area (Å²) in [4.78, 5) is 3.97. The molecule has 0 aliphatic rings. The fourth-order valence-corrected chi connectivity index (χ4v) is 1.79. The van der Waals surface area contributed by atoms with Gasteiger partial charge < -0.3 is 4.74 Å². The van der Waals surface area contributed by atoms with E-state index < -0.39 is 12.1 Å². The first-order valence-corrected chi connectivity index (χ1v) is 5.67. The molecule has 0 atom stereocenters. The second kappa shape index (κ2) is 5.36. The van der Waals surface area contributed by atoms with E-state index in [4.69, 9.17) is 5.26 Å². The lowest BCUT2D eigenvalue weighted by molar-refractivity contribution is -0.275. The van der Waals surface area contributed by atoms with Crippen LogP contribution in [0.25, 0.3) is 0 Å². The Balaban J connectivity index is 3.19. The van der Waals surface area contributed by atoms with E-state index in [-0.39, 0.29) is 12.1 Å². The van der Waals surface area contributed by atoms with Gasteiger partial charge in [-0.1, -0.05) is 15.9 Å². The molecular weight excluding hydrogens is 301 g/mol. The van der Waals surface area contributed by atoms with Gasteiger partial charge in [0.05, 0.1) is 23.9 Å². The van der Waals surface area contributed by atoms with E-state index in [2.05, 4.69) is 25.7 Å². The van der Waals surface area contributed by atoms with Crippen LogP contribution in [0.1, 0.15) is 17.0 Å². The van der Waals surface area contributed by atoms with Gasteiger partial charge in [0.15, 0.2) is 5.75 Å². The zero-order valence-electron chi connectivity index (χ0n) is 8.81. The molecule has 3 nitrogen and oxygen atoms in total. The van der Waals surface area contributed by atoms with Crippen molar-refractivity contribution < 1.29 is 17.9 Å².